The van der Waals surface area contributed by atoms with E-state index in [2.05, 4.69) is 11.4 Å². The van der Waals surface area contributed by atoms with E-state index in [0.717, 1.165) is 5.56 Å². The van der Waals surface area contributed by atoms with Gasteiger partial charge in [-0.25, -0.2) is 4.79 Å². The molecule has 7 nitrogen and oxygen atoms in total. The molecule has 0 saturated carbocycles. The Morgan fingerprint density at radius 1 is 1.39 bits per heavy atom. The molecule has 154 valence electrons. The van der Waals surface area contributed by atoms with Gasteiger partial charge in [0, 0.05) is 30.8 Å². The summed E-state index contributed by atoms with van der Waals surface area (Å²) < 4.78 is 10.7. The summed E-state index contributed by atoms with van der Waals surface area (Å²) in [5.74, 6) is 1.42. The lowest BCUT2D eigenvalue weighted by molar-refractivity contribution is -0.0191. The Hall–Kier alpha value is -2.46. The van der Waals surface area contributed by atoms with E-state index in [-0.39, 0.29) is 11.5 Å². The monoisotopic (exact) mass is 389 g/mol. The number of carboxylic acid groups (broad SMARTS) is 1. The topological polar surface area (TPSA) is 94.8 Å². The molecule has 3 atom stereocenters. The number of rotatable bonds is 5. The molecule has 2 rings (SSSR count). The van der Waals surface area contributed by atoms with Crippen molar-refractivity contribution in [1.82, 2.24) is 10.2 Å². The lowest BCUT2D eigenvalue weighted by Gasteiger charge is -2.53. The molecule has 0 bridgehead atoms. The zero-order valence-corrected chi connectivity index (χ0v) is 17.6. The Balaban J connectivity index is 2.29. The number of nitriles is 1. The van der Waals surface area contributed by atoms with Crippen molar-refractivity contribution in [3.8, 4) is 17.6 Å². The molecule has 1 aliphatic rings. The number of hydrogen-bond donors (Lipinski definition) is 2. The first-order valence-electron chi connectivity index (χ1n) is 9.43. The smallest absolute Gasteiger partial charge is 0.407 e. The van der Waals surface area contributed by atoms with E-state index in [1.54, 1.807) is 14.2 Å². The fraction of sp³-hybridized carbons (Fsp3) is 0.619. The predicted molar refractivity (Wildman–Crippen MR) is 106 cm³/mol. The zero-order valence-electron chi connectivity index (χ0n) is 17.6. The molecule has 0 aromatic heterocycles. The molecule has 1 heterocycles. The van der Waals surface area contributed by atoms with Crippen LogP contribution in [0.4, 0.5) is 4.79 Å². The molecule has 3 unspecified atom stereocenters. The molecule has 1 aliphatic heterocycles. The Kier molecular flexibility index (Phi) is 6.45. The van der Waals surface area contributed by atoms with Gasteiger partial charge in [-0.3, -0.25) is 0 Å². The summed E-state index contributed by atoms with van der Waals surface area (Å²) in [5.41, 5.74) is -0.285. The van der Waals surface area contributed by atoms with E-state index in [1.165, 1.54) is 4.90 Å². The van der Waals surface area contributed by atoms with Gasteiger partial charge in [0.05, 0.1) is 31.7 Å². The van der Waals surface area contributed by atoms with Gasteiger partial charge in [0.15, 0.2) is 0 Å². The predicted octanol–water partition coefficient (Wildman–Crippen LogP) is 3.49. The number of benzene rings is 1. The summed E-state index contributed by atoms with van der Waals surface area (Å²) in [5, 5.41) is 23.2. The molecule has 1 aromatic carbocycles. The van der Waals surface area contributed by atoms with Crippen LogP contribution < -0.4 is 14.8 Å². The van der Waals surface area contributed by atoms with Crippen LogP contribution in [0, 0.1) is 22.2 Å². The largest absolute Gasteiger partial charge is 0.497 e. The van der Waals surface area contributed by atoms with Crippen molar-refractivity contribution < 1.29 is 19.4 Å². The molecule has 2 N–H and O–H groups in total. The van der Waals surface area contributed by atoms with Crippen molar-refractivity contribution in [3.05, 3.63) is 23.8 Å². The molecule has 1 saturated heterocycles. The fourth-order valence-corrected chi connectivity index (χ4v) is 4.47. The number of nitrogens with one attached hydrogen (secondary N) is 1. The third kappa shape index (κ3) is 4.17. The van der Waals surface area contributed by atoms with E-state index in [9.17, 15) is 15.2 Å². The number of hydrogen-bond acceptors (Lipinski definition) is 5. The van der Waals surface area contributed by atoms with E-state index >= 15 is 0 Å². The highest BCUT2D eigenvalue weighted by molar-refractivity contribution is 5.66. The third-order valence-corrected chi connectivity index (χ3v) is 5.60. The van der Waals surface area contributed by atoms with E-state index in [0.29, 0.717) is 31.0 Å². The Morgan fingerprint density at radius 2 is 2.07 bits per heavy atom. The van der Waals surface area contributed by atoms with Crippen LogP contribution in [0.15, 0.2) is 18.2 Å². The van der Waals surface area contributed by atoms with Crippen LogP contribution in [-0.2, 0) is 6.54 Å². The van der Waals surface area contributed by atoms with Gasteiger partial charge >= 0.3 is 6.09 Å². The molecule has 7 heteroatoms. The third-order valence-electron chi connectivity index (χ3n) is 5.60. The first kappa shape index (κ1) is 21.8. The van der Waals surface area contributed by atoms with Crippen LogP contribution in [0.25, 0.3) is 0 Å². The number of amides is 1. The molecule has 0 spiro atoms. The number of nitrogens with zero attached hydrogens (tertiary/aromatic N) is 2. The van der Waals surface area contributed by atoms with Crippen molar-refractivity contribution >= 4 is 6.09 Å². The van der Waals surface area contributed by atoms with Crippen LogP contribution >= 0.6 is 0 Å². The average molecular weight is 389 g/mol. The molecule has 1 fully saturated rings. The second kappa shape index (κ2) is 8.27. The van der Waals surface area contributed by atoms with Crippen LogP contribution in [0.5, 0.6) is 11.5 Å². The van der Waals surface area contributed by atoms with Crippen LogP contribution in [0.3, 0.4) is 0 Å². The first-order chi connectivity index (χ1) is 13.1. The van der Waals surface area contributed by atoms with Crippen molar-refractivity contribution in [2.45, 2.75) is 52.7 Å². The Labute approximate surface area is 167 Å². The van der Waals surface area contributed by atoms with Gasteiger partial charge in [-0.2, -0.15) is 5.26 Å². The normalized spacial score (nSPS) is 25.1. The second-order valence-electron chi connectivity index (χ2n) is 8.54. The minimum absolute atomic E-state index is 0.149. The molecule has 0 radical (unpaired) electrons. The summed E-state index contributed by atoms with van der Waals surface area (Å²) in [6.45, 7) is 8.72. The molecule has 1 amide bonds. The summed E-state index contributed by atoms with van der Waals surface area (Å²) in [6, 6.07) is 7.49. The maximum atomic E-state index is 11.8. The summed E-state index contributed by atoms with van der Waals surface area (Å²) in [7, 11) is 3.21. The van der Waals surface area contributed by atoms with Gasteiger partial charge in [-0.1, -0.05) is 26.8 Å². The first-order valence-corrected chi connectivity index (χ1v) is 9.43. The van der Waals surface area contributed by atoms with E-state index in [1.807, 2.05) is 45.9 Å². The van der Waals surface area contributed by atoms with Crippen molar-refractivity contribution in [3.63, 3.8) is 0 Å². The van der Waals surface area contributed by atoms with Gasteiger partial charge in [0.1, 0.15) is 11.5 Å². The van der Waals surface area contributed by atoms with Crippen LogP contribution in [0.2, 0.25) is 0 Å². The van der Waals surface area contributed by atoms with Crippen molar-refractivity contribution in [2.75, 3.05) is 20.8 Å². The van der Waals surface area contributed by atoms with Gasteiger partial charge in [0.25, 0.3) is 0 Å². The number of ether oxygens (including phenoxy) is 2. The number of carbonyl (C=O) groups is 1. The summed E-state index contributed by atoms with van der Waals surface area (Å²) in [6.07, 6.45) is -0.404. The molecular weight excluding hydrogens is 358 g/mol. The maximum absolute atomic E-state index is 11.8. The Bertz CT molecular complexity index is 753. The van der Waals surface area contributed by atoms with Gasteiger partial charge in [-0.05, 0) is 24.8 Å². The van der Waals surface area contributed by atoms with Crippen molar-refractivity contribution in [1.29, 1.82) is 5.26 Å². The number of likely N-dealkylation sites (tertiary alicyclic amines) is 1. The highest BCUT2D eigenvalue weighted by atomic mass is 16.5. The highest BCUT2D eigenvalue weighted by Gasteiger charge is 2.54. The molecule has 28 heavy (non-hydrogen) atoms. The van der Waals surface area contributed by atoms with Crippen molar-refractivity contribution in [2.24, 2.45) is 10.8 Å². The lowest BCUT2D eigenvalue weighted by atomic mass is 9.63. The van der Waals surface area contributed by atoms with Crippen LogP contribution in [0.1, 0.15) is 39.7 Å². The minimum atomic E-state index is -0.975. The zero-order chi connectivity index (χ0) is 21.1. The minimum Gasteiger partial charge on any atom is -0.497 e. The SMILES string of the molecule is COc1ccc(CNC2CCN(C(=O)O)C(C(C)(C)C)C2(C)C#N)c(OC)c1. The van der Waals surface area contributed by atoms with E-state index in [4.69, 9.17) is 9.47 Å². The molecule has 0 aliphatic carbocycles. The Morgan fingerprint density at radius 3 is 2.57 bits per heavy atom. The number of methoxy groups -OCH3 is 2. The van der Waals surface area contributed by atoms with Crippen LogP contribution in [-0.4, -0.2) is 48.9 Å². The van der Waals surface area contributed by atoms with Gasteiger partial charge < -0.3 is 24.8 Å². The summed E-state index contributed by atoms with van der Waals surface area (Å²) in [4.78, 5) is 13.2. The average Bonchev–Trinajstić information content (AvgIpc) is 2.65. The second-order valence-corrected chi connectivity index (χ2v) is 8.54. The lowest BCUT2D eigenvalue weighted by Crippen LogP contribution is -2.66. The van der Waals surface area contributed by atoms with E-state index < -0.39 is 17.6 Å². The summed E-state index contributed by atoms with van der Waals surface area (Å²) >= 11 is 0. The molecular formula is C21H31N3O4. The standard InChI is InChI=1S/C21H31N3O4/c1-20(2,3)18-21(4,13-22)17(9-10-24(18)19(25)26)23-12-14-7-8-15(27-5)11-16(14)28-6/h7-8,11,17-18,23H,9-10,12H2,1-6H3,(H,25,26). The maximum Gasteiger partial charge on any atom is 0.407 e. The highest BCUT2D eigenvalue weighted by Crippen LogP contribution is 2.44. The number of piperidine rings is 1. The van der Waals surface area contributed by atoms with Gasteiger partial charge in [-0.15, -0.1) is 0 Å². The van der Waals surface area contributed by atoms with Gasteiger partial charge in [0.2, 0.25) is 0 Å². The fourth-order valence-electron chi connectivity index (χ4n) is 4.47. The molecule has 1 aromatic rings. The quantitative estimate of drug-likeness (QED) is 0.800.